The molecular formula is C24H20N4O2S2. The zero-order valence-electron chi connectivity index (χ0n) is 17.0. The maximum absolute atomic E-state index is 12.4. The van der Waals surface area contributed by atoms with Gasteiger partial charge < -0.3 is 5.32 Å². The first kappa shape index (κ1) is 21.7. The Labute approximate surface area is 194 Å². The molecule has 0 radical (unpaired) electrons. The van der Waals surface area contributed by atoms with Gasteiger partial charge in [-0.3, -0.25) is 14.9 Å². The molecule has 160 valence electrons. The van der Waals surface area contributed by atoms with Gasteiger partial charge in [0.1, 0.15) is 0 Å². The van der Waals surface area contributed by atoms with Crippen molar-refractivity contribution in [3.8, 4) is 11.1 Å². The molecule has 8 heteroatoms. The Hall–Kier alpha value is -3.49. The van der Waals surface area contributed by atoms with Gasteiger partial charge in [-0.1, -0.05) is 95.9 Å². The van der Waals surface area contributed by atoms with Gasteiger partial charge in [-0.05, 0) is 28.8 Å². The van der Waals surface area contributed by atoms with Gasteiger partial charge in [0, 0.05) is 11.3 Å². The third-order valence-electron chi connectivity index (χ3n) is 4.52. The maximum atomic E-state index is 12.4. The summed E-state index contributed by atoms with van der Waals surface area (Å²) in [6.07, 6.45) is 0. The highest BCUT2D eigenvalue weighted by Crippen LogP contribution is 2.28. The van der Waals surface area contributed by atoms with Gasteiger partial charge in [0.05, 0.1) is 6.54 Å². The minimum Gasteiger partial charge on any atom is -0.343 e. The molecule has 1 aromatic heterocycles. The molecule has 4 rings (SSSR count). The second kappa shape index (κ2) is 10.7. The number of carbonyl (C=O) groups is 2. The standard InChI is InChI=1S/C24H20N4O2S2/c29-21(26-23-27-28-24(32-23)31-16-17-7-3-1-4-8-17)15-25-22(30)20-13-11-19(12-14-20)18-9-5-2-6-10-18/h1-14H,15-16H2,(H,25,30)(H,26,27,29). The molecule has 32 heavy (non-hydrogen) atoms. The Morgan fingerprint density at radius 3 is 2.19 bits per heavy atom. The molecule has 0 unspecified atom stereocenters. The number of carbonyl (C=O) groups excluding carboxylic acids is 2. The van der Waals surface area contributed by atoms with Crippen molar-refractivity contribution in [1.82, 2.24) is 15.5 Å². The van der Waals surface area contributed by atoms with Gasteiger partial charge in [0.25, 0.3) is 5.91 Å². The average Bonchev–Trinajstić information content (AvgIpc) is 3.29. The maximum Gasteiger partial charge on any atom is 0.251 e. The van der Waals surface area contributed by atoms with Gasteiger partial charge in [0.15, 0.2) is 4.34 Å². The van der Waals surface area contributed by atoms with Crippen LogP contribution in [0.4, 0.5) is 5.13 Å². The van der Waals surface area contributed by atoms with Crippen molar-refractivity contribution in [2.24, 2.45) is 0 Å². The smallest absolute Gasteiger partial charge is 0.251 e. The van der Waals surface area contributed by atoms with E-state index in [1.807, 2.05) is 60.7 Å². The molecule has 6 nitrogen and oxygen atoms in total. The molecule has 0 atom stereocenters. The number of thioether (sulfide) groups is 1. The van der Waals surface area contributed by atoms with Crippen LogP contribution >= 0.6 is 23.1 Å². The van der Waals surface area contributed by atoms with E-state index in [4.69, 9.17) is 0 Å². The van der Waals surface area contributed by atoms with E-state index in [1.54, 1.807) is 23.9 Å². The lowest BCUT2D eigenvalue weighted by atomic mass is 10.0. The van der Waals surface area contributed by atoms with Gasteiger partial charge in [0.2, 0.25) is 11.0 Å². The SMILES string of the molecule is O=C(CNC(=O)c1ccc(-c2ccccc2)cc1)Nc1nnc(SCc2ccccc2)s1. The lowest BCUT2D eigenvalue weighted by molar-refractivity contribution is -0.115. The molecule has 4 aromatic rings. The third-order valence-corrected chi connectivity index (χ3v) is 6.56. The quantitative estimate of drug-likeness (QED) is 0.290. The number of hydrogen-bond acceptors (Lipinski definition) is 6. The zero-order valence-corrected chi connectivity index (χ0v) is 18.7. The Kier molecular flexibility index (Phi) is 7.27. The summed E-state index contributed by atoms with van der Waals surface area (Å²) in [6.45, 7) is -0.147. The molecule has 2 N–H and O–H groups in total. The predicted octanol–water partition coefficient (Wildman–Crippen LogP) is 4.87. The number of amides is 2. The van der Waals surface area contributed by atoms with E-state index in [1.165, 1.54) is 16.9 Å². The third kappa shape index (κ3) is 6.03. The molecule has 3 aromatic carbocycles. The van der Waals surface area contributed by atoms with Crippen LogP contribution in [0.25, 0.3) is 11.1 Å². The summed E-state index contributed by atoms with van der Waals surface area (Å²) in [6, 6.07) is 27.3. The van der Waals surface area contributed by atoms with Crippen molar-refractivity contribution < 1.29 is 9.59 Å². The molecule has 0 fully saturated rings. The summed E-state index contributed by atoms with van der Waals surface area (Å²) < 4.78 is 0.770. The Balaban J connectivity index is 1.24. The van der Waals surface area contributed by atoms with E-state index in [0.29, 0.717) is 10.7 Å². The molecule has 0 bridgehead atoms. The monoisotopic (exact) mass is 460 g/mol. The molecule has 0 saturated carbocycles. The highest BCUT2D eigenvalue weighted by Gasteiger charge is 2.11. The summed E-state index contributed by atoms with van der Waals surface area (Å²) in [4.78, 5) is 24.5. The molecule has 2 amide bonds. The summed E-state index contributed by atoms with van der Waals surface area (Å²) >= 11 is 2.87. The molecule has 0 aliphatic rings. The van der Waals surface area contributed by atoms with Gasteiger partial charge >= 0.3 is 0 Å². The lowest BCUT2D eigenvalue weighted by Crippen LogP contribution is -2.32. The van der Waals surface area contributed by atoms with E-state index in [0.717, 1.165) is 21.2 Å². The van der Waals surface area contributed by atoms with Crippen LogP contribution in [0.1, 0.15) is 15.9 Å². The number of anilines is 1. The van der Waals surface area contributed by atoms with Crippen LogP contribution in [0.3, 0.4) is 0 Å². The summed E-state index contributed by atoms with van der Waals surface area (Å²) in [7, 11) is 0. The fourth-order valence-corrected chi connectivity index (χ4v) is 4.63. The topological polar surface area (TPSA) is 84.0 Å². The number of nitrogens with zero attached hydrogens (tertiary/aromatic N) is 2. The first-order valence-corrected chi connectivity index (χ1v) is 11.7. The fraction of sp³-hybridized carbons (Fsp3) is 0.0833. The van der Waals surface area contributed by atoms with Crippen molar-refractivity contribution in [3.05, 3.63) is 96.1 Å². The van der Waals surface area contributed by atoms with Crippen LogP contribution in [0.2, 0.25) is 0 Å². The molecule has 0 saturated heterocycles. The van der Waals surface area contributed by atoms with E-state index in [-0.39, 0.29) is 18.4 Å². The Morgan fingerprint density at radius 1 is 0.812 bits per heavy atom. The average molecular weight is 461 g/mol. The summed E-state index contributed by atoms with van der Waals surface area (Å²) in [5.41, 5.74) is 3.79. The minimum atomic E-state index is -0.352. The number of nitrogens with one attached hydrogen (secondary N) is 2. The van der Waals surface area contributed by atoms with Crippen LogP contribution in [0.5, 0.6) is 0 Å². The van der Waals surface area contributed by atoms with Crippen molar-refractivity contribution >= 4 is 40.0 Å². The van der Waals surface area contributed by atoms with E-state index >= 15 is 0 Å². The zero-order chi connectivity index (χ0) is 22.2. The molecular weight excluding hydrogens is 440 g/mol. The fourth-order valence-electron chi connectivity index (χ4n) is 2.91. The number of hydrogen-bond donors (Lipinski definition) is 2. The van der Waals surface area contributed by atoms with Crippen molar-refractivity contribution in [3.63, 3.8) is 0 Å². The van der Waals surface area contributed by atoms with Crippen LogP contribution in [-0.4, -0.2) is 28.6 Å². The van der Waals surface area contributed by atoms with Crippen LogP contribution in [0, 0.1) is 0 Å². The summed E-state index contributed by atoms with van der Waals surface area (Å²) in [5, 5.41) is 13.8. The predicted molar refractivity (Wildman–Crippen MR) is 129 cm³/mol. The van der Waals surface area contributed by atoms with E-state index in [9.17, 15) is 9.59 Å². The molecule has 0 aliphatic heterocycles. The van der Waals surface area contributed by atoms with Gasteiger partial charge in [-0.2, -0.15) is 0 Å². The highest BCUT2D eigenvalue weighted by atomic mass is 32.2. The number of rotatable bonds is 8. The number of benzene rings is 3. The van der Waals surface area contributed by atoms with Crippen LogP contribution in [0.15, 0.2) is 89.3 Å². The lowest BCUT2D eigenvalue weighted by Gasteiger charge is -2.06. The second-order valence-electron chi connectivity index (χ2n) is 6.82. The normalized spacial score (nSPS) is 10.5. The van der Waals surface area contributed by atoms with E-state index < -0.39 is 0 Å². The Bertz CT molecular complexity index is 1180. The molecule has 0 spiro atoms. The van der Waals surface area contributed by atoms with Crippen molar-refractivity contribution in [2.75, 3.05) is 11.9 Å². The van der Waals surface area contributed by atoms with Crippen molar-refractivity contribution in [2.45, 2.75) is 10.1 Å². The summed E-state index contributed by atoms with van der Waals surface area (Å²) in [5.74, 6) is 0.119. The molecule has 1 heterocycles. The highest BCUT2D eigenvalue weighted by molar-refractivity contribution is 8.00. The van der Waals surface area contributed by atoms with Gasteiger partial charge in [-0.15, -0.1) is 10.2 Å². The van der Waals surface area contributed by atoms with Crippen LogP contribution < -0.4 is 10.6 Å². The largest absolute Gasteiger partial charge is 0.343 e. The Morgan fingerprint density at radius 2 is 1.47 bits per heavy atom. The van der Waals surface area contributed by atoms with Crippen molar-refractivity contribution in [1.29, 1.82) is 0 Å². The van der Waals surface area contributed by atoms with E-state index in [2.05, 4.69) is 33.0 Å². The van der Waals surface area contributed by atoms with Gasteiger partial charge in [-0.25, -0.2) is 0 Å². The second-order valence-corrected chi connectivity index (χ2v) is 9.02. The first-order chi connectivity index (χ1) is 15.7. The minimum absolute atomic E-state index is 0.147. The molecule has 0 aliphatic carbocycles. The first-order valence-electron chi connectivity index (χ1n) is 9.91. The number of aromatic nitrogens is 2. The van der Waals surface area contributed by atoms with Crippen LogP contribution in [-0.2, 0) is 10.5 Å².